The number of nitrogens with zero attached hydrogens (tertiary/aromatic N) is 2. The number of esters is 1. The number of urea groups is 1. The Labute approximate surface area is 171 Å². The second kappa shape index (κ2) is 8.82. The van der Waals surface area contributed by atoms with Crippen molar-refractivity contribution in [1.29, 1.82) is 0 Å². The first-order valence-corrected chi connectivity index (χ1v) is 9.93. The van der Waals surface area contributed by atoms with Gasteiger partial charge in [-0.3, -0.25) is 14.5 Å². The van der Waals surface area contributed by atoms with Crippen LogP contribution in [-0.4, -0.2) is 67.2 Å². The highest BCUT2D eigenvalue weighted by molar-refractivity contribution is 6.06. The van der Waals surface area contributed by atoms with Crippen molar-refractivity contribution in [2.75, 3.05) is 34.0 Å². The second-order valence-electron chi connectivity index (χ2n) is 7.90. The zero-order valence-electron chi connectivity index (χ0n) is 17.3. The first-order valence-electron chi connectivity index (χ1n) is 9.93. The molecule has 0 aromatic heterocycles. The number of hydrogen-bond donors (Lipinski definition) is 1. The third kappa shape index (κ3) is 4.70. The molecule has 0 bridgehead atoms. The minimum Gasteiger partial charge on any atom is -0.497 e. The maximum atomic E-state index is 13.0. The number of hydrogen-bond acceptors (Lipinski definition) is 6. The molecule has 3 amide bonds. The largest absolute Gasteiger partial charge is 0.497 e. The minimum atomic E-state index is -0.915. The molecule has 0 unspecified atom stereocenters. The lowest BCUT2D eigenvalue weighted by molar-refractivity contribution is -0.147. The molecular formula is C21H29N3O5. The Hall–Kier alpha value is -2.61. The fraction of sp³-hybridized carbons (Fsp3) is 0.571. The Morgan fingerprint density at radius 1 is 1.17 bits per heavy atom. The van der Waals surface area contributed by atoms with Crippen LogP contribution in [0.15, 0.2) is 24.3 Å². The maximum absolute atomic E-state index is 13.0. The van der Waals surface area contributed by atoms with Crippen molar-refractivity contribution in [3.05, 3.63) is 29.8 Å². The summed E-state index contributed by atoms with van der Waals surface area (Å²) < 4.78 is 9.97. The van der Waals surface area contributed by atoms with Gasteiger partial charge in [0.2, 0.25) is 0 Å². The van der Waals surface area contributed by atoms with Gasteiger partial charge in [-0.2, -0.15) is 0 Å². The summed E-state index contributed by atoms with van der Waals surface area (Å²) in [5, 5.41) is 2.86. The summed E-state index contributed by atoms with van der Waals surface area (Å²) in [6, 6.07) is 7.34. The predicted molar refractivity (Wildman–Crippen MR) is 106 cm³/mol. The number of ether oxygens (including phenoxy) is 2. The van der Waals surface area contributed by atoms with E-state index in [1.54, 1.807) is 14.0 Å². The second-order valence-corrected chi connectivity index (χ2v) is 7.90. The number of piperidine rings is 1. The first kappa shape index (κ1) is 21.1. The molecule has 3 rings (SSSR count). The van der Waals surface area contributed by atoms with E-state index in [-0.39, 0.29) is 30.5 Å². The van der Waals surface area contributed by atoms with Gasteiger partial charge >= 0.3 is 12.0 Å². The van der Waals surface area contributed by atoms with Crippen LogP contribution in [-0.2, 0) is 20.7 Å². The molecule has 0 saturated carbocycles. The van der Waals surface area contributed by atoms with Crippen LogP contribution in [0.25, 0.3) is 0 Å². The number of amides is 3. The minimum absolute atomic E-state index is 0.103. The number of aryl methyl sites for hydroxylation is 1. The Balaban J connectivity index is 1.55. The van der Waals surface area contributed by atoms with Crippen molar-refractivity contribution in [2.45, 2.75) is 38.1 Å². The molecule has 1 N–H and O–H groups in total. The van der Waals surface area contributed by atoms with Gasteiger partial charge in [0.1, 0.15) is 11.3 Å². The molecule has 2 aliphatic heterocycles. The monoisotopic (exact) mass is 403 g/mol. The van der Waals surface area contributed by atoms with Gasteiger partial charge in [0.05, 0.1) is 26.8 Å². The molecule has 158 valence electrons. The van der Waals surface area contributed by atoms with Crippen molar-refractivity contribution in [2.24, 2.45) is 5.92 Å². The number of likely N-dealkylation sites (tertiary alicyclic amines) is 1. The SMILES string of the molecule is COC(=O)C1CCN(CN2C(=O)N[C@@](C)(CCc3ccc(OC)cc3)C2=O)CC1. The van der Waals surface area contributed by atoms with E-state index in [0.29, 0.717) is 38.8 Å². The first-order chi connectivity index (χ1) is 13.9. The fourth-order valence-electron chi connectivity index (χ4n) is 3.91. The van der Waals surface area contributed by atoms with Crippen molar-refractivity contribution in [1.82, 2.24) is 15.1 Å². The molecule has 2 heterocycles. The van der Waals surface area contributed by atoms with Crippen LogP contribution in [0.1, 0.15) is 31.7 Å². The van der Waals surface area contributed by atoms with Crippen molar-refractivity contribution >= 4 is 17.9 Å². The Bertz CT molecular complexity index is 758. The standard InChI is InChI=1S/C21H29N3O5/c1-21(11-8-15-4-6-17(28-2)7-5-15)19(26)24(20(27)22-21)14-23-12-9-16(10-13-23)18(25)29-3/h4-7,16H,8-14H2,1-3H3,(H,22,27)/t21-/m0/s1. The average Bonchev–Trinajstić information content (AvgIpc) is 2.96. The normalized spacial score (nSPS) is 23.2. The van der Waals surface area contributed by atoms with Gasteiger partial charge in [0, 0.05) is 13.1 Å². The third-order valence-corrected chi connectivity index (χ3v) is 5.88. The van der Waals surface area contributed by atoms with Crippen molar-refractivity contribution in [3.63, 3.8) is 0 Å². The molecule has 0 spiro atoms. The van der Waals surface area contributed by atoms with Crippen LogP contribution in [0, 0.1) is 5.92 Å². The number of imide groups is 1. The molecule has 1 aromatic rings. The molecular weight excluding hydrogens is 374 g/mol. The number of benzene rings is 1. The van der Waals surface area contributed by atoms with Crippen LogP contribution in [0.5, 0.6) is 5.75 Å². The topological polar surface area (TPSA) is 88.2 Å². The summed E-state index contributed by atoms with van der Waals surface area (Å²) in [5.41, 5.74) is 0.166. The molecule has 1 atom stereocenters. The zero-order valence-corrected chi connectivity index (χ0v) is 17.3. The number of nitrogens with one attached hydrogen (secondary N) is 1. The van der Waals surface area contributed by atoms with Crippen molar-refractivity contribution < 1.29 is 23.9 Å². The van der Waals surface area contributed by atoms with E-state index in [0.717, 1.165) is 11.3 Å². The summed E-state index contributed by atoms with van der Waals surface area (Å²) >= 11 is 0. The summed E-state index contributed by atoms with van der Waals surface area (Å²) in [4.78, 5) is 40.4. The molecule has 1 aromatic carbocycles. The summed E-state index contributed by atoms with van der Waals surface area (Å²) in [7, 11) is 3.02. The van der Waals surface area contributed by atoms with Gasteiger partial charge in [-0.1, -0.05) is 12.1 Å². The summed E-state index contributed by atoms with van der Waals surface area (Å²) in [5.74, 6) is 0.290. The molecule has 2 fully saturated rings. The van der Waals surface area contributed by atoms with Crippen LogP contribution in [0.2, 0.25) is 0 Å². The van der Waals surface area contributed by atoms with Crippen molar-refractivity contribution in [3.8, 4) is 5.75 Å². The Morgan fingerprint density at radius 2 is 1.83 bits per heavy atom. The number of carbonyl (C=O) groups is 3. The molecule has 29 heavy (non-hydrogen) atoms. The quantitative estimate of drug-likeness (QED) is 0.552. The lowest BCUT2D eigenvalue weighted by Crippen LogP contribution is -2.47. The van der Waals surface area contributed by atoms with Crippen LogP contribution < -0.4 is 10.1 Å². The van der Waals surface area contributed by atoms with Crippen LogP contribution in [0.3, 0.4) is 0 Å². The van der Waals surface area contributed by atoms with E-state index in [2.05, 4.69) is 5.32 Å². The lowest BCUT2D eigenvalue weighted by atomic mass is 9.93. The highest BCUT2D eigenvalue weighted by Gasteiger charge is 2.47. The van der Waals surface area contributed by atoms with E-state index in [9.17, 15) is 14.4 Å². The molecule has 2 aliphatic rings. The fourth-order valence-corrected chi connectivity index (χ4v) is 3.91. The summed E-state index contributed by atoms with van der Waals surface area (Å²) in [6.45, 7) is 3.33. The molecule has 0 radical (unpaired) electrons. The predicted octanol–water partition coefficient (Wildman–Crippen LogP) is 1.78. The number of carbonyl (C=O) groups excluding carboxylic acids is 3. The van der Waals surface area contributed by atoms with Gasteiger partial charge in [-0.15, -0.1) is 0 Å². The number of rotatable bonds is 7. The summed E-state index contributed by atoms with van der Waals surface area (Å²) in [6.07, 6.45) is 2.53. The van der Waals surface area contributed by atoms with Gasteiger partial charge in [0.15, 0.2) is 0 Å². The number of methoxy groups -OCH3 is 2. The van der Waals surface area contributed by atoms with Gasteiger partial charge < -0.3 is 14.8 Å². The van der Waals surface area contributed by atoms with E-state index in [1.165, 1.54) is 12.0 Å². The highest BCUT2D eigenvalue weighted by atomic mass is 16.5. The highest BCUT2D eigenvalue weighted by Crippen LogP contribution is 2.25. The van der Waals surface area contributed by atoms with E-state index in [1.807, 2.05) is 29.2 Å². The Kier molecular flexibility index (Phi) is 6.42. The average molecular weight is 403 g/mol. The Morgan fingerprint density at radius 3 is 2.41 bits per heavy atom. The van der Waals surface area contributed by atoms with E-state index in [4.69, 9.17) is 9.47 Å². The maximum Gasteiger partial charge on any atom is 0.326 e. The van der Waals surface area contributed by atoms with Gasteiger partial charge in [-0.05, 0) is 50.3 Å². The molecule has 8 heteroatoms. The van der Waals surface area contributed by atoms with Gasteiger partial charge in [-0.25, -0.2) is 9.69 Å². The van der Waals surface area contributed by atoms with E-state index < -0.39 is 5.54 Å². The molecule has 0 aliphatic carbocycles. The molecule has 8 nitrogen and oxygen atoms in total. The lowest BCUT2D eigenvalue weighted by Gasteiger charge is -2.32. The zero-order chi connectivity index (χ0) is 21.0. The van der Waals surface area contributed by atoms with Crippen LogP contribution >= 0.6 is 0 Å². The molecule has 2 saturated heterocycles. The smallest absolute Gasteiger partial charge is 0.326 e. The van der Waals surface area contributed by atoms with Gasteiger partial charge in [0.25, 0.3) is 5.91 Å². The van der Waals surface area contributed by atoms with E-state index >= 15 is 0 Å². The third-order valence-electron chi connectivity index (χ3n) is 5.88. The van der Waals surface area contributed by atoms with Crippen LogP contribution in [0.4, 0.5) is 4.79 Å².